The molecular weight excluding hydrogens is 403 g/mol. The molecule has 2 aromatic heterocycles. The summed E-state index contributed by atoms with van der Waals surface area (Å²) < 4.78 is 45.6. The van der Waals surface area contributed by atoms with Crippen LogP contribution in [-0.2, 0) is 16.0 Å². The molecule has 2 heterocycles. The average molecular weight is 421 g/mol. The van der Waals surface area contributed by atoms with E-state index < -0.39 is 23.8 Å². The number of carbonyl (C=O) groups is 1. The fraction of sp³-hybridized carbons (Fsp3) is 0.250. The third kappa shape index (κ3) is 5.28. The number of halogens is 3. The summed E-state index contributed by atoms with van der Waals surface area (Å²) in [5.41, 5.74) is 1.73. The molecule has 0 saturated carbocycles. The number of H-pyrrole nitrogens is 2. The molecule has 0 aliphatic carbocycles. The van der Waals surface area contributed by atoms with Gasteiger partial charge in [-0.1, -0.05) is 18.2 Å². The lowest BCUT2D eigenvalue weighted by Gasteiger charge is -2.16. The molecule has 2 N–H and O–H groups in total. The summed E-state index contributed by atoms with van der Waals surface area (Å²) in [5.74, 6) is -1.44. The number of aromatic amines is 2. The predicted octanol–water partition coefficient (Wildman–Crippen LogP) is 3.28. The van der Waals surface area contributed by atoms with Crippen LogP contribution in [0.3, 0.4) is 0 Å². The van der Waals surface area contributed by atoms with E-state index >= 15 is 0 Å². The van der Waals surface area contributed by atoms with Crippen LogP contribution in [-0.4, -0.2) is 34.6 Å². The summed E-state index contributed by atoms with van der Waals surface area (Å²) in [7, 11) is 1.26. The monoisotopic (exact) mass is 421 g/mol. The van der Waals surface area contributed by atoms with Gasteiger partial charge in [-0.25, -0.2) is 0 Å². The second kappa shape index (κ2) is 8.85. The van der Waals surface area contributed by atoms with Crippen molar-refractivity contribution in [3.63, 3.8) is 0 Å². The predicted molar refractivity (Wildman–Crippen MR) is 100 cm³/mol. The molecule has 30 heavy (non-hydrogen) atoms. The van der Waals surface area contributed by atoms with Crippen molar-refractivity contribution in [2.75, 3.05) is 7.11 Å². The van der Waals surface area contributed by atoms with Crippen LogP contribution in [0.4, 0.5) is 13.2 Å². The van der Waals surface area contributed by atoms with E-state index in [0.717, 1.165) is 0 Å². The summed E-state index contributed by atoms with van der Waals surface area (Å²) in [6.45, 7) is 0. The molecule has 3 rings (SSSR count). The number of rotatable bonds is 7. The van der Waals surface area contributed by atoms with Crippen molar-refractivity contribution in [3.05, 3.63) is 81.5 Å². The van der Waals surface area contributed by atoms with E-state index in [0.29, 0.717) is 22.4 Å². The SMILES string of the molecule is COC(=O)C[C@@H](c1cccnc1)c1c(Cc2ccc(OC(F)(F)F)cc2)[nH][nH]c1=O. The first-order valence-electron chi connectivity index (χ1n) is 8.87. The van der Waals surface area contributed by atoms with Crippen LogP contribution in [0.25, 0.3) is 0 Å². The fourth-order valence-corrected chi connectivity index (χ4v) is 3.14. The molecule has 3 aromatic rings. The molecule has 0 spiro atoms. The van der Waals surface area contributed by atoms with E-state index in [9.17, 15) is 22.8 Å². The third-order valence-electron chi connectivity index (χ3n) is 4.47. The maximum absolute atomic E-state index is 12.5. The zero-order valence-electron chi connectivity index (χ0n) is 15.8. The number of esters is 1. The van der Waals surface area contributed by atoms with Crippen molar-refractivity contribution < 1.29 is 27.4 Å². The van der Waals surface area contributed by atoms with Gasteiger partial charge >= 0.3 is 12.3 Å². The first-order valence-corrected chi connectivity index (χ1v) is 8.87. The summed E-state index contributed by atoms with van der Waals surface area (Å²) >= 11 is 0. The molecule has 0 unspecified atom stereocenters. The highest BCUT2D eigenvalue weighted by Crippen LogP contribution is 2.29. The van der Waals surface area contributed by atoms with E-state index in [1.54, 1.807) is 24.5 Å². The number of pyridine rings is 1. The van der Waals surface area contributed by atoms with Crippen molar-refractivity contribution in [1.82, 2.24) is 15.2 Å². The third-order valence-corrected chi connectivity index (χ3v) is 4.47. The summed E-state index contributed by atoms with van der Waals surface area (Å²) in [6, 6.07) is 8.77. The minimum Gasteiger partial charge on any atom is -0.469 e. The van der Waals surface area contributed by atoms with Gasteiger partial charge in [0.15, 0.2) is 0 Å². The first kappa shape index (κ1) is 21.2. The van der Waals surface area contributed by atoms with Crippen LogP contribution >= 0.6 is 0 Å². The summed E-state index contributed by atoms with van der Waals surface area (Å²) in [4.78, 5) is 28.5. The quantitative estimate of drug-likeness (QED) is 0.571. The molecule has 0 aliphatic heterocycles. The smallest absolute Gasteiger partial charge is 0.469 e. The normalized spacial score (nSPS) is 12.4. The Morgan fingerprint density at radius 2 is 1.90 bits per heavy atom. The zero-order valence-corrected chi connectivity index (χ0v) is 15.8. The largest absolute Gasteiger partial charge is 0.573 e. The van der Waals surface area contributed by atoms with Gasteiger partial charge in [-0.3, -0.25) is 19.7 Å². The molecule has 0 bridgehead atoms. The highest BCUT2D eigenvalue weighted by molar-refractivity contribution is 5.71. The van der Waals surface area contributed by atoms with Crippen molar-refractivity contribution in [2.24, 2.45) is 0 Å². The molecule has 0 aliphatic rings. The molecule has 0 saturated heterocycles. The highest BCUT2D eigenvalue weighted by Gasteiger charge is 2.31. The first-order chi connectivity index (χ1) is 14.3. The number of nitrogens with zero attached hydrogens (tertiary/aromatic N) is 1. The zero-order chi connectivity index (χ0) is 21.7. The van der Waals surface area contributed by atoms with Crippen molar-refractivity contribution in [3.8, 4) is 5.75 Å². The van der Waals surface area contributed by atoms with Gasteiger partial charge in [0, 0.05) is 36.0 Å². The van der Waals surface area contributed by atoms with Crippen LogP contribution in [0.2, 0.25) is 0 Å². The number of aromatic nitrogens is 3. The van der Waals surface area contributed by atoms with Crippen molar-refractivity contribution in [1.29, 1.82) is 0 Å². The Balaban J connectivity index is 1.91. The van der Waals surface area contributed by atoms with Gasteiger partial charge < -0.3 is 14.6 Å². The van der Waals surface area contributed by atoms with Crippen LogP contribution in [0, 0.1) is 0 Å². The molecular formula is C20H18F3N3O4. The van der Waals surface area contributed by atoms with E-state index in [4.69, 9.17) is 4.74 Å². The van der Waals surface area contributed by atoms with Gasteiger partial charge in [-0.15, -0.1) is 13.2 Å². The maximum atomic E-state index is 12.5. The molecule has 10 heteroatoms. The average Bonchev–Trinajstić information content (AvgIpc) is 3.07. The maximum Gasteiger partial charge on any atom is 0.573 e. The standard InChI is InChI=1S/C20H18F3N3O4/c1-29-17(27)10-15(13-3-2-8-24-11-13)18-16(25-26-19(18)28)9-12-4-6-14(7-5-12)30-20(21,22)23/h2-8,11,15H,9-10H2,1H3,(H2,25,26,28)/t15-/m0/s1. The van der Waals surface area contributed by atoms with Crippen LogP contribution in [0.1, 0.15) is 34.7 Å². The van der Waals surface area contributed by atoms with Gasteiger partial charge in [0.1, 0.15) is 5.75 Å². The van der Waals surface area contributed by atoms with Gasteiger partial charge in [-0.05, 0) is 29.3 Å². The van der Waals surface area contributed by atoms with Crippen molar-refractivity contribution in [2.45, 2.75) is 25.1 Å². The lowest BCUT2D eigenvalue weighted by molar-refractivity contribution is -0.274. The van der Waals surface area contributed by atoms with Crippen molar-refractivity contribution >= 4 is 5.97 Å². The second-order valence-corrected chi connectivity index (χ2v) is 6.46. The summed E-state index contributed by atoms with van der Waals surface area (Å²) in [5, 5.41) is 5.31. The van der Waals surface area contributed by atoms with Gasteiger partial charge in [0.05, 0.1) is 13.5 Å². The minimum atomic E-state index is -4.77. The lowest BCUT2D eigenvalue weighted by Crippen LogP contribution is -2.18. The number of hydrogen-bond acceptors (Lipinski definition) is 5. The number of alkyl halides is 3. The Hall–Kier alpha value is -3.56. The van der Waals surface area contributed by atoms with E-state index in [1.807, 2.05) is 0 Å². The van der Waals surface area contributed by atoms with Gasteiger partial charge in [-0.2, -0.15) is 0 Å². The topological polar surface area (TPSA) is 97.1 Å². The Morgan fingerprint density at radius 1 is 1.17 bits per heavy atom. The summed E-state index contributed by atoms with van der Waals surface area (Å²) in [6.07, 6.45) is -1.49. The molecule has 1 atom stereocenters. The second-order valence-electron chi connectivity index (χ2n) is 6.46. The molecule has 7 nitrogen and oxygen atoms in total. The molecule has 0 fully saturated rings. The van der Waals surface area contributed by atoms with E-state index in [2.05, 4.69) is 19.9 Å². The number of benzene rings is 1. The Labute approximate surface area is 168 Å². The molecule has 0 amide bonds. The molecule has 0 radical (unpaired) electrons. The van der Waals surface area contributed by atoms with Gasteiger partial charge in [0.25, 0.3) is 5.56 Å². The Morgan fingerprint density at radius 3 is 2.50 bits per heavy atom. The Bertz CT molecular complexity index is 1040. The van der Waals surface area contributed by atoms with Crippen LogP contribution in [0.5, 0.6) is 5.75 Å². The number of ether oxygens (including phenoxy) is 2. The molecule has 1 aromatic carbocycles. The lowest BCUT2D eigenvalue weighted by atomic mass is 9.88. The van der Waals surface area contributed by atoms with Crippen LogP contribution < -0.4 is 10.3 Å². The van der Waals surface area contributed by atoms with Gasteiger partial charge in [0.2, 0.25) is 0 Å². The number of carbonyl (C=O) groups excluding carboxylic acids is 1. The van der Waals surface area contributed by atoms with Crippen LogP contribution in [0.15, 0.2) is 53.6 Å². The van der Waals surface area contributed by atoms with E-state index in [-0.39, 0.29) is 18.6 Å². The highest BCUT2D eigenvalue weighted by atomic mass is 19.4. The number of nitrogens with one attached hydrogen (secondary N) is 2. The molecule has 158 valence electrons. The minimum absolute atomic E-state index is 0.0749. The fourth-order valence-electron chi connectivity index (χ4n) is 3.14. The Kier molecular flexibility index (Phi) is 6.24. The number of hydrogen-bond donors (Lipinski definition) is 2. The number of methoxy groups -OCH3 is 1. The van der Waals surface area contributed by atoms with E-state index in [1.165, 1.54) is 31.4 Å².